The number of rotatable bonds is 4. The molecule has 1 aliphatic rings. The zero-order chi connectivity index (χ0) is 16.4. The van der Waals surface area contributed by atoms with Gasteiger partial charge in [0.25, 0.3) is 0 Å². The first kappa shape index (κ1) is 15.6. The minimum absolute atomic E-state index is 0.0437. The normalized spacial score (nSPS) is 15.4. The minimum atomic E-state index is 0.0437. The second kappa shape index (κ2) is 6.10. The highest BCUT2D eigenvalue weighted by Crippen LogP contribution is 2.25. The van der Waals surface area contributed by atoms with Crippen molar-refractivity contribution >= 4 is 11.6 Å². The van der Waals surface area contributed by atoms with Gasteiger partial charge in [-0.1, -0.05) is 20.8 Å². The molecule has 0 saturated carbocycles. The lowest BCUT2D eigenvalue weighted by molar-refractivity contribution is 0.424. The molecule has 122 valence electrons. The van der Waals surface area contributed by atoms with Crippen LogP contribution in [0.5, 0.6) is 0 Å². The fourth-order valence-corrected chi connectivity index (χ4v) is 2.51. The highest BCUT2D eigenvalue weighted by Gasteiger charge is 2.28. The second-order valence-corrected chi connectivity index (χ2v) is 7.22. The first-order valence-electron chi connectivity index (χ1n) is 8.03. The largest absolute Gasteiger partial charge is 0.368 e. The van der Waals surface area contributed by atoms with Crippen molar-refractivity contribution in [3.63, 3.8) is 0 Å². The maximum Gasteiger partial charge on any atom is 0.151 e. The molecule has 1 aliphatic heterocycles. The van der Waals surface area contributed by atoms with Crippen LogP contribution in [0.25, 0.3) is 0 Å². The Labute approximate surface area is 137 Å². The third kappa shape index (κ3) is 3.75. The molecule has 0 unspecified atom stereocenters. The Balaban J connectivity index is 1.48. The molecule has 0 amide bonds. The molecule has 3 rings (SSSR count). The molecule has 1 fully saturated rings. The number of nitrogens with zero attached hydrogens (tertiary/aromatic N) is 5. The van der Waals surface area contributed by atoms with Crippen LogP contribution in [-0.2, 0) is 5.41 Å². The van der Waals surface area contributed by atoms with Gasteiger partial charge in [-0.15, -0.1) is 5.10 Å². The van der Waals surface area contributed by atoms with E-state index in [9.17, 15) is 0 Å². The van der Waals surface area contributed by atoms with Crippen LogP contribution >= 0.6 is 0 Å². The SMILES string of the molecule is Cc1cnc(NCC2CN(c3ccc(C(C)(C)C)nn3)C2)cn1. The molecular weight excluding hydrogens is 288 g/mol. The van der Waals surface area contributed by atoms with E-state index in [0.29, 0.717) is 5.92 Å². The number of hydrogen-bond acceptors (Lipinski definition) is 6. The summed E-state index contributed by atoms with van der Waals surface area (Å²) in [6, 6.07) is 4.15. The summed E-state index contributed by atoms with van der Waals surface area (Å²) in [5.41, 5.74) is 2.00. The molecule has 6 nitrogen and oxygen atoms in total. The van der Waals surface area contributed by atoms with E-state index in [1.165, 1.54) is 0 Å². The number of aromatic nitrogens is 4. The Kier molecular flexibility index (Phi) is 4.15. The lowest BCUT2D eigenvalue weighted by Crippen LogP contribution is -2.50. The summed E-state index contributed by atoms with van der Waals surface area (Å²) in [5.74, 6) is 2.40. The van der Waals surface area contributed by atoms with Gasteiger partial charge in [-0.25, -0.2) is 4.98 Å². The van der Waals surface area contributed by atoms with Gasteiger partial charge in [0.1, 0.15) is 5.82 Å². The van der Waals surface area contributed by atoms with Crippen LogP contribution in [0, 0.1) is 12.8 Å². The molecule has 1 saturated heterocycles. The molecule has 0 bridgehead atoms. The number of hydrogen-bond donors (Lipinski definition) is 1. The van der Waals surface area contributed by atoms with Gasteiger partial charge in [-0.3, -0.25) is 4.98 Å². The summed E-state index contributed by atoms with van der Waals surface area (Å²) in [7, 11) is 0. The van der Waals surface area contributed by atoms with Crippen molar-refractivity contribution in [2.75, 3.05) is 29.9 Å². The van der Waals surface area contributed by atoms with Crippen molar-refractivity contribution in [2.24, 2.45) is 5.92 Å². The topological polar surface area (TPSA) is 66.8 Å². The van der Waals surface area contributed by atoms with E-state index in [1.54, 1.807) is 12.4 Å². The average molecular weight is 312 g/mol. The Morgan fingerprint density at radius 2 is 1.91 bits per heavy atom. The van der Waals surface area contributed by atoms with E-state index in [-0.39, 0.29) is 5.41 Å². The van der Waals surface area contributed by atoms with E-state index in [4.69, 9.17) is 0 Å². The van der Waals surface area contributed by atoms with E-state index in [2.05, 4.69) is 63.3 Å². The molecular formula is C17H24N6. The van der Waals surface area contributed by atoms with E-state index >= 15 is 0 Å². The number of aryl methyl sites for hydroxylation is 1. The number of anilines is 2. The maximum absolute atomic E-state index is 4.36. The smallest absolute Gasteiger partial charge is 0.151 e. The minimum Gasteiger partial charge on any atom is -0.368 e. The van der Waals surface area contributed by atoms with Gasteiger partial charge in [-0.2, -0.15) is 5.10 Å². The molecule has 0 spiro atoms. The van der Waals surface area contributed by atoms with Crippen molar-refractivity contribution in [1.29, 1.82) is 0 Å². The van der Waals surface area contributed by atoms with Crippen molar-refractivity contribution in [2.45, 2.75) is 33.1 Å². The zero-order valence-corrected chi connectivity index (χ0v) is 14.2. The molecule has 2 aromatic heterocycles. The fraction of sp³-hybridized carbons (Fsp3) is 0.529. The van der Waals surface area contributed by atoms with Crippen molar-refractivity contribution in [3.8, 4) is 0 Å². The highest BCUT2D eigenvalue weighted by atomic mass is 15.3. The summed E-state index contributed by atoms with van der Waals surface area (Å²) >= 11 is 0. The first-order chi connectivity index (χ1) is 10.9. The van der Waals surface area contributed by atoms with Crippen LogP contribution in [0.3, 0.4) is 0 Å². The maximum atomic E-state index is 4.36. The fourth-order valence-electron chi connectivity index (χ4n) is 2.51. The average Bonchev–Trinajstić information content (AvgIpc) is 2.47. The Hall–Kier alpha value is -2.24. The molecule has 23 heavy (non-hydrogen) atoms. The summed E-state index contributed by atoms with van der Waals surface area (Å²) in [5, 5.41) is 12.1. The predicted octanol–water partition coefficient (Wildman–Crippen LogP) is 2.42. The second-order valence-electron chi connectivity index (χ2n) is 7.22. The van der Waals surface area contributed by atoms with Gasteiger partial charge in [0.05, 0.1) is 23.8 Å². The molecule has 3 heterocycles. The molecule has 0 atom stereocenters. The summed E-state index contributed by atoms with van der Waals surface area (Å²) in [4.78, 5) is 10.8. The zero-order valence-electron chi connectivity index (χ0n) is 14.2. The van der Waals surface area contributed by atoms with E-state index < -0.39 is 0 Å². The van der Waals surface area contributed by atoms with Gasteiger partial charge in [0, 0.05) is 31.0 Å². The van der Waals surface area contributed by atoms with Gasteiger partial charge >= 0.3 is 0 Å². The first-order valence-corrected chi connectivity index (χ1v) is 8.03. The monoisotopic (exact) mass is 312 g/mol. The van der Waals surface area contributed by atoms with Crippen LogP contribution in [-0.4, -0.2) is 39.8 Å². The van der Waals surface area contributed by atoms with E-state index in [1.807, 2.05) is 6.92 Å². The molecule has 0 aromatic carbocycles. The Bertz CT molecular complexity index is 638. The molecule has 0 aliphatic carbocycles. The number of nitrogens with one attached hydrogen (secondary N) is 1. The lowest BCUT2D eigenvalue weighted by atomic mass is 9.92. The molecule has 2 aromatic rings. The van der Waals surface area contributed by atoms with Gasteiger partial charge in [0.15, 0.2) is 5.82 Å². The Morgan fingerprint density at radius 1 is 1.13 bits per heavy atom. The third-order valence-corrected chi connectivity index (χ3v) is 4.05. The molecule has 6 heteroatoms. The Morgan fingerprint density at radius 3 is 2.48 bits per heavy atom. The highest BCUT2D eigenvalue weighted by molar-refractivity contribution is 5.42. The van der Waals surface area contributed by atoms with Gasteiger partial charge < -0.3 is 10.2 Å². The third-order valence-electron chi connectivity index (χ3n) is 4.05. The molecule has 0 radical (unpaired) electrons. The van der Waals surface area contributed by atoms with Crippen LogP contribution in [0.2, 0.25) is 0 Å². The van der Waals surface area contributed by atoms with Crippen LogP contribution in [0.15, 0.2) is 24.5 Å². The van der Waals surface area contributed by atoms with Crippen LogP contribution in [0.1, 0.15) is 32.2 Å². The van der Waals surface area contributed by atoms with Crippen molar-refractivity contribution < 1.29 is 0 Å². The van der Waals surface area contributed by atoms with E-state index in [0.717, 1.165) is 42.7 Å². The standard InChI is InChI=1S/C17H24N6/c1-12-7-19-15(9-18-12)20-8-13-10-23(11-13)16-6-5-14(21-22-16)17(2,3)4/h5-7,9,13H,8,10-11H2,1-4H3,(H,19,20). The molecule has 1 N–H and O–H groups in total. The van der Waals surface area contributed by atoms with Crippen LogP contribution < -0.4 is 10.2 Å². The van der Waals surface area contributed by atoms with Crippen molar-refractivity contribution in [3.05, 3.63) is 35.9 Å². The summed E-state index contributed by atoms with van der Waals surface area (Å²) in [6.07, 6.45) is 3.56. The lowest BCUT2D eigenvalue weighted by Gasteiger charge is -2.40. The van der Waals surface area contributed by atoms with Crippen molar-refractivity contribution in [1.82, 2.24) is 20.2 Å². The van der Waals surface area contributed by atoms with Gasteiger partial charge in [0.2, 0.25) is 0 Å². The predicted molar refractivity (Wildman–Crippen MR) is 91.7 cm³/mol. The quantitative estimate of drug-likeness (QED) is 0.935. The van der Waals surface area contributed by atoms with Gasteiger partial charge in [-0.05, 0) is 19.1 Å². The summed E-state index contributed by atoms with van der Waals surface area (Å²) in [6.45, 7) is 11.3. The van der Waals surface area contributed by atoms with Crippen LogP contribution in [0.4, 0.5) is 11.6 Å². The summed E-state index contributed by atoms with van der Waals surface area (Å²) < 4.78 is 0.